The first-order valence-corrected chi connectivity index (χ1v) is 5.92. The maximum absolute atomic E-state index is 9.74. The van der Waals surface area contributed by atoms with Gasteiger partial charge in [0.05, 0.1) is 6.10 Å². The smallest absolute Gasteiger partial charge is 0.0690 e. The highest BCUT2D eigenvalue weighted by atomic mass is 16.3. The first kappa shape index (κ1) is 13.1. The molecule has 0 fully saturated rings. The van der Waals surface area contributed by atoms with Crippen LogP contribution < -0.4 is 0 Å². The Labute approximate surface area is 98.1 Å². The van der Waals surface area contributed by atoms with Crippen molar-refractivity contribution in [2.45, 2.75) is 38.8 Å². The second-order valence-corrected chi connectivity index (χ2v) is 4.30. The number of nitrogens with zero attached hydrogens (tertiary/aromatic N) is 2. The summed E-state index contributed by atoms with van der Waals surface area (Å²) < 4.78 is 0. The summed E-state index contributed by atoms with van der Waals surface area (Å²) in [7, 11) is 2.06. The van der Waals surface area contributed by atoms with Gasteiger partial charge in [-0.25, -0.2) is 0 Å². The quantitative estimate of drug-likeness (QED) is 0.796. The Morgan fingerprint density at radius 1 is 1.38 bits per heavy atom. The molecular formula is C13H22N2O. The number of hydrogen-bond acceptors (Lipinski definition) is 3. The molecule has 1 aromatic rings. The summed E-state index contributed by atoms with van der Waals surface area (Å²) in [6.07, 6.45) is 5.21. The van der Waals surface area contributed by atoms with E-state index in [-0.39, 0.29) is 12.1 Å². The number of aromatic nitrogens is 1. The van der Waals surface area contributed by atoms with E-state index in [0.29, 0.717) is 0 Å². The zero-order valence-corrected chi connectivity index (χ0v) is 10.4. The van der Waals surface area contributed by atoms with Gasteiger partial charge in [-0.15, -0.1) is 0 Å². The maximum atomic E-state index is 9.74. The van der Waals surface area contributed by atoms with Gasteiger partial charge in [0.25, 0.3) is 0 Å². The number of pyridine rings is 1. The van der Waals surface area contributed by atoms with E-state index in [4.69, 9.17) is 0 Å². The molecule has 0 amide bonds. The van der Waals surface area contributed by atoms with Crippen molar-refractivity contribution in [1.29, 1.82) is 0 Å². The minimum Gasteiger partial charge on any atom is -0.392 e. The normalized spacial score (nSPS) is 15.1. The molecular weight excluding hydrogens is 200 g/mol. The molecule has 1 heterocycles. The summed E-state index contributed by atoms with van der Waals surface area (Å²) in [5.41, 5.74) is 1.29. The maximum Gasteiger partial charge on any atom is 0.0690 e. The van der Waals surface area contributed by atoms with Crippen LogP contribution in [0.2, 0.25) is 0 Å². The first-order valence-electron chi connectivity index (χ1n) is 5.92. The van der Waals surface area contributed by atoms with Crippen molar-refractivity contribution in [3.8, 4) is 0 Å². The van der Waals surface area contributed by atoms with E-state index < -0.39 is 0 Å². The highest BCUT2D eigenvalue weighted by molar-refractivity contribution is 5.09. The third-order valence-electron chi connectivity index (χ3n) is 3.17. The van der Waals surface area contributed by atoms with Gasteiger partial charge in [-0.1, -0.05) is 6.92 Å². The van der Waals surface area contributed by atoms with Gasteiger partial charge in [-0.05, 0) is 44.5 Å². The van der Waals surface area contributed by atoms with Crippen molar-refractivity contribution in [3.63, 3.8) is 0 Å². The van der Waals surface area contributed by atoms with Crippen molar-refractivity contribution in [2.24, 2.45) is 0 Å². The zero-order valence-electron chi connectivity index (χ0n) is 10.4. The van der Waals surface area contributed by atoms with Gasteiger partial charge in [0.15, 0.2) is 0 Å². The fourth-order valence-electron chi connectivity index (χ4n) is 1.69. The van der Waals surface area contributed by atoms with Gasteiger partial charge < -0.3 is 10.0 Å². The second-order valence-electron chi connectivity index (χ2n) is 4.30. The summed E-state index contributed by atoms with van der Waals surface area (Å²) in [6.45, 7) is 5.04. The largest absolute Gasteiger partial charge is 0.392 e. The lowest BCUT2D eigenvalue weighted by molar-refractivity contribution is 0.0707. The van der Waals surface area contributed by atoms with Gasteiger partial charge in [0.1, 0.15) is 0 Å². The number of aliphatic hydroxyl groups excluding tert-OH is 1. The van der Waals surface area contributed by atoms with Gasteiger partial charge in [0, 0.05) is 25.0 Å². The predicted octanol–water partition coefficient (Wildman–Crippen LogP) is 1.72. The Bertz CT molecular complexity index is 289. The molecule has 0 aliphatic rings. The third-order valence-corrected chi connectivity index (χ3v) is 3.17. The Morgan fingerprint density at radius 3 is 2.56 bits per heavy atom. The minimum absolute atomic E-state index is 0.215. The molecule has 2 unspecified atom stereocenters. The molecule has 3 nitrogen and oxygen atoms in total. The number of hydrogen-bond donors (Lipinski definition) is 1. The molecule has 0 saturated heterocycles. The van der Waals surface area contributed by atoms with E-state index in [1.54, 1.807) is 0 Å². The van der Waals surface area contributed by atoms with Crippen LogP contribution in [0.5, 0.6) is 0 Å². The van der Waals surface area contributed by atoms with E-state index >= 15 is 0 Å². The molecule has 1 N–H and O–H groups in total. The molecule has 0 radical (unpaired) electrons. The molecule has 0 aromatic carbocycles. The first-order chi connectivity index (χ1) is 7.65. The number of likely N-dealkylation sites (N-methyl/N-ethyl adjacent to an activating group) is 1. The van der Waals surface area contributed by atoms with Gasteiger partial charge in [-0.2, -0.15) is 0 Å². The summed E-state index contributed by atoms with van der Waals surface area (Å²) in [5, 5.41) is 9.74. The van der Waals surface area contributed by atoms with Crippen LogP contribution >= 0.6 is 0 Å². The van der Waals surface area contributed by atoms with Gasteiger partial charge in [-0.3, -0.25) is 4.98 Å². The lowest BCUT2D eigenvalue weighted by atomic mass is 10.1. The monoisotopic (exact) mass is 222 g/mol. The molecule has 1 rings (SSSR count). The second kappa shape index (κ2) is 6.61. The van der Waals surface area contributed by atoms with Crippen LogP contribution in [0.4, 0.5) is 0 Å². The average molecular weight is 222 g/mol. The fourth-order valence-corrected chi connectivity index (χ4v) is 1.69. The van der Waals surface area contributed by atoms with Crippen LogP contribution in [-0.2, 0) is 6.42 Å². The highest BCUT2D eigenvalue weighted by Crippen LogP contribution is 2.07. The van der Waals surface area contributed by atoms with E-state index in [2.05, 4.69) is 23.9 Å². The van der Waals surface area contributed by atoms with Crippen molar-refractivity contribution in [2.75, 3.05) is 13.6 Å². The van der Waals surface area contributed by atoms with Gasteiger partial charge >= 0.3 is 0 Å². The average Bonchev–Trinajstić information content (AvgIpc) is 2.35. The summed E-state index contributed by atoms with van der Waals surface area (Å²) in [6, 6.07) is 4.29. The molecule has 90 valence electrons. The molecule has 0 bridgehead atoms. The zero-order chi connectivity index (χ0) is 12.0. The summed E-state index contributed by atoms with van der Waals surface area (Å²) in [4.78, 5) is 6.20. The molecule has 0 spiro atoms. The Kier molecular flexibility index (Phi) is 5.43. The van der Waals surface area contributed by atoms with Gasteiger partial charge in [0.2, 0.25) is 0 Å². The Hall–Kier alpha value is -0.930. The summed E-state index contributed by atoms with van der Waals surface area (Å²) in [5.74, 6) is 0. The highest BCUT2D eigenvalue weighted by Gasteiger charge is 2.16. The Balaban J connectivity index is 2.38. The van der Waals surface area contributed by atoms with E-state index in [1.165, 1.54) is 5.56 Å². The molecule has 1 aromatic heterocycles. The van der Waals surface area contributed by atoms with E-state index in [0.717, 1.165) is 19.4 Å². The van der Waals surface area contributed by atoms with Crippen LogP contribution in [0.3, 0.4) is 0 Å². The van der Waals surface area contributed by atoms with Crippen LogP contribution in [0.1, 0.15) is 25.8 Å². The Morgan fingerprint density at radius 2 is 2.00 bits per heavy atom. The molecule has 0 aliphatic heterocycles. The molecule has 0 saturated carbocycles. The lowest BCUT2D eigenvalue weighted by Crippen LogP contribution is -2.39. The van der Waals surface area contributed by atoms with E-state index in [9.17, 15) is 5.11 Å². The molecule has 0 aliphatic carbocycles. The van der Waals surface area contributed by atoms with E-state index in [1.807, 2.05) is 31.5 Å². The van der Waals surface area contributed by atoms with Crippen molar-refractivity contribution < 1.29 is 5.11 Å². The van der Waals surface area contributed by atoms with Crippen molar-refractivity contribution in [1.82, 2.24) is 9.88 Å². The van der Waals surface area contributed by atoms with Crippen LogP contribution in [-0.4, -0.2) is 40.7 Å². The lowest BCUT2D eigenvalue weighted by Gasteiger charge is -2.28. The fraction of sp³-hybridized carbons (Fsp3) is 0.615. The summed E-state index contributed by atoms with van der Waals surface area (Å²) >= 11 is 0. The topological polar surface area (TPSA) is 36.4 Å². The number of rotatable bonds is 6. The number of aliphatic hydroxyl groups is 1. The minimum atomic E-state index is -0.234. The predicted molar refractivity (Wildman–Crippen MR) is 66.3 cm³/mol. The standard InChI is InChI=1S/C13H22N2O/c1-4-13(16)11(2)15(3)10-7-12-5-8-14-9-6-12/h5-6,8-9,11,13,16H,4,7,10H2,1-3H3. The third kappa shape index (κ3) is 3.91. The van der Waals surface area contributed by atoms with Crippen LogP contribution in [0.15, 0.2) is 24.5 Å². The van der Waals surface area contributed by atoms with Crippen LogP contribution in [0, 0.1) is 0 Å². The SMILES string of the molecule is CCC(O)C(C)N(C)CCc1ccncc1. The molecule has 3 heteroatoms. The van der Waals surface area contributed by atoms with Crippen molar-refractivity contribution in [3.05, 3.63) is 30.1 Å². The molecule has 2 atom stereocenters. The van der Waals surface area contributed by atoms with Crippen molar-refractivity contribution >= 4 is 0 Å². The molecule has 16 heavy (non-hydrogen) atoms. The van der Waals surface area contributed by atoms with Crippen LogP contribution in [0.25, 0.3) is 0 Å².